The molecule has 1 aromatic rings. The van der Waals surface area contributed by atoms with Crippen molar-refractivity contribution in [2.45, 2.75) is 52.6 Å². The highest BCUT2D eigenvalue weighted by Gasteiger charge is 2.34. The summed E-state index contributed by atoms with van der Waals surface area (Å²) in [5, 5.41) is 0. The molecule has 0 aliphatic rings. The molecule has 0 saturated carbocycles. The Morgan fingerprint density at radius 2 is 1.74 bits per heavy atom. The van der Waals surface area contributed by atoms with E-state index >= 15 is 0 Å². The number of alkyl halides is 3. The van der Waals surface area contributed by atoms with E-state index in [9.17, 15) is 17.6 Å². The third-order valence-electron chi connectivity index (χ3n) is 3.67. The maximum atomic E-state index is 13.2. The fraction of sp³-hybridized carbons (Fsp3) is 0.600. The number of rotatable bonds is 5. The fourth-order valence-corrected chi connectivity index (χ4v) is 2.39. The van der Waals surface area contributed by atoms with Crippen molar-refractivity contribution >= 4 is 0 Å². The van der Waals surface area contributed by atoms with E-state index in [1.54, 1.807) is 0 Å². The van der Waals surface area contributed by atoms with Gasteiger partial charge in [-0.2, -0.15) is 13.2 Å². The summed E-state index contributed by atoms with van der Waals surface area (Å²) >= 11 is 0. The number of halogens is 4. The monoisotopic (exact) mass is 276 g/mol. The van der Waals surface area contributed by atoms with Crippen LogP contribution in [-0.4, -0.2) is 0 Å². The predicted octanol–water partition coefficient (Wildman–Crippen LogP) is 5.60. The van der Waals surface area contributed by atoms with E-state index in [1.807, 2.05) is 6.92 Å². The molecule has 108 valence electrons. The molecule has 0 radical (unpaired) electrons. The first-order chi connectivity index (χ1) is 8.72. The quantitative estimate of drug-likeness (QED) is 0.614. The average Bonchev–Trinajstić information content (AvgIpc) is 2.30. The normalized spacial score (nSPS) is 15.3. The topological polar surface area (TPSA) is 0 Å². The lowest BCUT2D eigenvalue weighted by Crippen LogP contribution is -2.19. The highest BCUT2D eigenvalue weighted by atomic mass is 19.4. The summed E-state index contributed by atoms with van der Waals surface area (Å²) in [6.45, 7) is 6.15. The second-order valence-corrected chi connectivity index (χ2v) is 5.40. The van der Waals surface area contributed by atoms with E-state index in [1.165, 1.54) is 6.07 Å². The van der Waals surface area contributed by atoms with E-state index in [-0.39, 0.29) is 5.41 Å². The van der Waals surface area contributed by atoms with Crippen LogP contribution in [0.15, 0.2) is 18.2 Å². The van der Waals surface area contributed by atoms with Crippen molar-refractivity contribution in [3.8, 4) is 0 Å². The molecule has 1 aromatic carbocycles. The average molecular weight is 276 g/mol. The standard InChI is InChI=1S/C15H20F4/c1-4-8-14(3,5-2)10-11-6-7-13(16)12(9-11)15(17,18)19/h6-7,9H,4-5,8,10H2,1-3H3. The first-order valence-electron chi connectivity index (χ1n) is 6.57. The van der Waals surface area contributed by atoms with Crippen LogP contribution < -0.4 is 0 Å². The van der Waals surface area contributed by atoms with Gasteiger partial charge in [-0.25, -0.2) is 4.39 Å². The summed E-state index contributed by atoms with van der Waals surface area (Å²) in [4.78, 5) is 0. The molecule has 0 aromatic heterocycles. The molecular weight excluding hydrogens is 256 g/mol. The molecule has 1 atom stereocenters. The second kappa shape index (κ2) is 5.93. The molecule has 1 unspecified atom stereocenters. The smallest absolute Gasteiger partial charge is 0.206 e. The minimum absolute atomic E-state index is 0.0323. The summed E-state index contributed by atoms with van der Waals surface area (Å²) in [5.41, 5.74) is -0.651. The molecule has 4 heteroatoms. The van der Waals surface area contributed by atoms with Gasteiger partial charge in [0.15, 0.2) is 0 Å². The van der Waals surface area contributed by atoms with Gasteiger partial charge in [0.05, 0.1) is 5.56 Å². The number of benzene rings is 1. The van der Waals surface area contributed by atoms with Crippen LogP contribution in [0.3, 0.4) is 0 Å². The Bertz CT molecular complexity index is 423. The van der Waals surface area contributed by atoms with Crippen molar-refractivity contribution in [1.29, 1.82) is 0 Å². The highest BCUT2D eigenvalue weighted by molar-refractivity contribution is 5.28. The third kappa shape index (κ3) is 4.22. The molecule has 0 bridgehead atoms. The molecule has 19 heavy (non-hydrogen) atoms. The fourth-order valence-electron chi connectivity index (χ4n) is 2.39. The van der Waals surface area contributed by atoms with Crippen molar-refractivity contribution in [3.63, 3.8) is 0 Å². The van der Waals surface area contributed by atoms with Crippen LogP contribution in [0, 0.1) is 11.2 Å². The van der Waals surface area contributed by atoms with Crippen LogP contribution in [0.1, 0.15) is 51.2 Å². The van der Waals surface area contributed by atoms with E-state index in [0.29, 0.717) is 12.0 Å². The Morgan fingerprint density at radius 1 is 1.11 bits per heavy atom. The van der Waals surface area contributed by atoms with E-state index < -0.39 is 17.6 Å². The molecule has 0 N–H and O–H groups in total. The predicted molar refractivity (Wildman–Crippen MR) is 68.4 cm³/mol. The minimum atomic E-state index is -4.63. The van der Waals surface area contributed by atoms with Gasteiger partial charge < -0.3 is 0 Å². The molecule has 0 nitrogen and oxygen atoms in total. The first-order valence-corrected chi connectivity index (χ1v) is 6.57. The maximum absolute atomic E-state index is 13.2. The molecule has 0 aliphatic carbocycles. The van der Waals surface area contributed by atoms with Crippen molar-refractivity contribution in [3.05, 3.63) is 35.1 Å². The summed E-state index contributed by atoms with van der Waals surface area (Å²) in [7, 11) is 0. The van der Waals surface area contributed by atoms with Gasteiger partial charge in [0.25, 0.3) is 0 Å². The molecule has 0 heterocycles. The van der Waals surface area contributed by atoms with Crippen molar-refractivity contribution < 1.29 is 17.6 Å². The largest absolute Gasteiger partial charge is 0.419 e. The molecule has 0 fully saturated rings. The zero-order valence-corrected chi connectivity index (χ0v) is 11.6. The molecule has 0 spiro atoms. The van der Waals surface area contributed by atoms with Gasteiger partial charge >= 0.3 is 6.18 Å². The van der Waals surface area contributed by atoms with Crippen LogP contribution in [-0.2, 0) is 12.6 Å². The Kier molecular flexibility index (Phi) is 4.99. The summed E-state index contributed by atoms with van der Waals surface area (Å²) < 4.78 is 51.2. The zero-order valence-electron chi connectivity index (χ0n) is 11.6. The van der Waals surface area contributed by atoms with Gasteiger partial charge in [-0.3, -0.25) is 0 Å². The van der Waals surface area contributed by atoms with Crippen molar-refractivity contribution in [2.75, 3.05) is 0 Å². The molecule has 1 rings (SSSR count). The molecule has 0 aliphatic heterocycles. The third-order valence-corrected chi connectivity index (χ3v) is 3.67. The Labute approximate surface area is 111 Å². The van der Waals surface area contributed by atoms with Gasteiger partial charge in [0.1, 0.15) is 5.82 Å². The Hall–Kier alpha value is -1.06. The molecular formula is C15H20F4. The second-order valence-electron chi connectivity index (χ2n) is 5.40. The van der Waals surface area contributed by atoms with Crippen molar-refractivity contribution in [1.82, 2.24) is 0 Å². The lowest BCUT2D eigenvalue weighted by atomic mass is 9.77. The zero-order chi connectivity index (χ0) is 14.7. The number of hydrogen-bond acceptors (Lipinski definition) is 0. The van der Waals surface area contributed by atoms with Crippen LogP contribution >= 0.6 is 0 Å². The van der Waals surface area contributed by atoms with Crippen LogP contribution in [0.5, 0.6) is 0 Å². The van der Waals surface area contributed by atoms with Gasteiger partial charge in [-0.05, 0) is 36.0 Å². The van der Waals surface area contributed by atoms with Gasteiger partial charge in [0, 0.05) is 0 Å². The SMILES string of the molecule is CCCC(C)(CC)Cc1ccc(F)c(C(F)(F)F)c1. The number of hydrogen-bond donors (Lipinski definition) is 0. The van der Waals surface area contributed by atoms with Crippen LogP contribution in [0.2, 0.25) is 0 Å². The van der Waals surface area contributed by atoms with Gasteiger partial charge in [-0.1, -0.05) is 39.7 Å². The van der Waals surface area contributed by atoms with Gasteiger partial charge in [-0.15, -0.1) is 0 Å². The highest BCUT2D eigenvalue weighted by Crippen LogP contribution is 2.35. The Balaban J connectivity index is 3.03. The van der Waals surface area contributed by atoms with Crippen LogP contribution in [0.4, 0.5) is 17.6 Å². The molecule has 0 amide bonds. The van der Waals surface area contributed by atoms with Gasteiger partial charge in [0.2, 0.25) is 0 Å². The Morgan fingerprint density at radius 3 is 2.21 bits per heavy atom. The van der Waals surface area contributed by atoms with Crippen LogP contribution in [0.25, 0.3) is 0 Å². The lowest BCUT2D eigenvalue weighted by Gasteiger charge is -2.28. The first kappa shape index (κ1) is 16.0. The van der Waals surface area contributed by atoms with Crippen molar-refractivity contribution in [2.24, 2.45) is 5.41 Å². The lowest BCUT2D eigenvalue weighted by molar-refractivity contribution is -0.140. The maximum Gasteiger partial charge on any atom is 0.419 e. The molecule has 0 saturated heterocycles. The summed E-state index contributed by atoms with van der Waals surface area (Å²) in [6.07, 6.45) is -1.27. The minimum Gasteiger partial charge on any atom is -0.206 e. The van der Waals surface area contributed by atoms with E-state index in [2.05, 4.69) is 13.8 Å². The summed E-state index contributed by atoms with van der Waals surface area (Å²) in [5.74, 6) is -1.20. The van der Waals surface area contributed by atoms with E-state index in [0.717, 1.165) is 31.4 Å². The van der Waals surface area contributed by atoms with E-state index in [4.69, 9.17) is 0 Å². The summed E-state index contributed by atoms with van der Waals surface area (Å²) in [6, 6.07) is 3.31.